The smallest absolute Gasteiger partial charge is 0.272 e. The molecule has 26 heavy (non-hydrogen) atoms. The third-order valence-electron chi connectivity index (χ3n) is 4.38. The van der Waals surface area contributed by atoms with Gasteiger partial charge in [0.05, 0.1) is 10.2 Å². The van der Waals surface area contributed by atoms with Gasteiger partial charge in [0.25, 0.3) is 5.91 Å². The zero-order valence-electron chi connectivity index (χ0n) is 14.2. The highest BCUT2D eigenvalue weighted by molar-refractivity contribution is 7.17. The number of fused-ring (bicyclic) bond motifs is 1. The summed E-state index contributed by atoms with van der Waals surface area (Å²) in [6.45, 7) is 2.59. The van der Waals surface area contributed by atoms with Crippen molar-refractivity contribution < 1.29 is 4.79 Å². The highest BCUT2D eigenvalue weighted by atomic mass is 35.5. The number of nitrogens with zero attached hydrogens (tertiary/aromatic N) is 1. The molecule has 1 N–H and O–H groups in total. The van der Waals surface area contributed by atoms with Gasteiger partial charge in [-0.1, -0.05) is 41.9 Å². The molecular weight excluding hydrogens is 364 g/mol. The van der Waals surface area contributed by atoms with E-state index in [1.807, 2.05) is 43.3 Å². The number of halogens is 1. The van der Waals surface area contributed by atoms with Crippen molar-refractivity contribution in [2.75, 3.05) is 5.32 Å². The second kappa shape index (κ2) is 6.98. The van der Waals surface area contributed by atoms with Crippen LogP contribution in [0.25, 0.3) is 10.2 Å². The van der Waals surface area contributed by atoms with E-state index in [0.717, 1.165) is 27.0 Å². The summed E-state index contributed by atoms with van der Waals surface area (Å²) < 4.78 is 3.18. The predicted octanol–water partition coefficient (Wildman–Crippen LogP) is 5.97. The molecule has 0 saturated heterocycles. The van der Waals surface area contributed by atoms with Crippen molar-refractivity contribution in [1.29, 1.82) is 0 Å². The molecule has 4 rings (SSSR count). The Balaban J connectivity index is 1.70. The lowest BCUT2D eigenvalue weighted by Crippen LogP contribution is -2.18. The molecule has 0 fully saturated rings. The van der Waals surface area contributed by atoms with Gasteiger partial charge in [-0.2, -0.15) is 0 Å². The van der Waals surface area contributed by atoms with E-state index in [4.69, 9.17) is 11.6 Å². The van der Waals surface area contributed by atoms with E-state index in [1.54, 1.807) is 17.4 Å². The number of carbonyl (C=O) groups is 1. The Hall–Kier alpha value is -2.56. The zero-order chi connectivity index (χ0) is 18.1. The van der Waals surface area contributed by atoms with Crippen LogP contribution in [-0.2, 0) is 6.54 Å². The molecule has 0 radical (unpaired) electrons. The minimum atomic E-state index is -0.116. The van der Waals surface area contributed by atoms with Gasteiger partial charge in [-0.05, 0) is 53.8 Å². The Kier molecular flexibility index (Phi) is 4.53. The summed E-state index contributed by atoms with van der Waals surface area (Å²) >= 11 is 7.65. The summed E-state index contributed by atoms with van der Waals surface area (Å²) in [4.78, 5) is 13.0. The topological polar surface area (TPSA) is 34.0 Å². The van der Waals surface area contributed by atoms with E-state index in [2.05, 4.69) is 33.5 Å². The summed E-state index contributed by atoms with van der Waals surface area (Å²) in [7, 11) is 0. The van der Waals surface area contributed by atoms with E-state index in [-0.39, 0.29) is 5.91 Å². The number of nitrogens with one attached hydrogen (secondary N) is 1. The molecule has 5 heteroatoms. The first-order chi connectivity index (χ1) is 12.6. The first-order valence-corrected chi connectivity index (χ1v) is 9.56. The van der Waals surface area contributed by atoms with E-state index in [1.165, 1.54) is 0 Å². The quantitative estimate of drug-likeness (QED) is 0.465. The van der Waals surface area contributed by atoms with Crippen LogP contribution in [0.4, 0.5) is 5.69 Å². The molecule has 4 aromatic rings. The second-order valence-corrected chi connectivity index (χ2v) is 7.57. The average Bonchev–Trinajstić information content (AvgIpc) is 3.21. The summed E-state index contributed by atoms with van der Waals surface area (Å²) in [6.07, 6.45) is 0. The highest BCUT2D eigenvalue weighted by Gasteiger charge is 2.17. The van der Waals surface area contributed by atoms with E-state index in [9.17, 15) is 4.79 Å². The molecule has 0 aliphatic carbocycles. The Morgan fingerprint density at radius 1 is 1.12 bits per heavy atom. The van der Waals surface area contributed by atoms with E-state index >= 15 is 0 Å². The Morgan fingerprint density at radius 3 is 2.69 bits per heavy atom. The van der Waals surface area contributed by atoms with Crippen LogP contribution in [0, 0.1) is 6.92 Å². The Bertz CT molecular complexity index is 1080. The van der Waals surface area contributed by atoms with Crippen molar-refractivity contribution in [3.8, 4) is 0 Å². The predicted molar refractivity (Wildman–Crippen MR) is 110 cm³/mol. The molecule has 0 bridgehead atoms. The molecule has 2 aromatic heterocycles. The second-order valence-electron chi connectivity index (χ2n) is 6.18. The molecule has 0 unspecified atom stereocenters. The summed E-state index contributed by atoms with van der Waals surface area (Å²) in [5.41, 5.74) is 4.61. The number of aryl methyl sites for hydroxylation is 1. The number of amides is 1. The van der Waals surface area contributed by atoms with Gasteiger partial charge < -0.3 is 9.88 Å². The van der Waals surface area contributed by atoms with Crippen LogP contribution < -0.4 is 5.32 Å². The number of carbonyl (C=O) groups excluding carboxylic acids is 1. The van der Waals surface area contributed by atoms with Crippen LogP contribution in [0.15, 0.2) is 66.0 Å². The van der Waals surface area contributed by atoms with Gasteiger partial charge in [-0.25, -0.2) is 0 Å². The first kappa shape index (κ1) is 16.9. The lowest BCUT2D eigenvalue weighted by molar-refractivity contribution is 0.101. The summed E-state index contributed by atoms with van der Waals surface area (Å²) in [5, 5.41) is 5.73. The normalized spacial score (nSPS) is 11.0. The molecule has 0 spiro atoms. The summed E-state index contributed by atoms with van der Waals surface area (Å²) in [6, 6.07) is 19.7. The zero-order valence-corrected chi connectivity index (χ0v) is 15.8. The van der Waals surface area contributed by atoms with Crippen molar-refractivity contribution in [2.45, 2.75) is 13.5 Å². The van der Waals surface area contributed by atoms with Gasteiger partial charge in [0, 0.05) is 17.3 Å². The number of thiophene rings is 1. The molecule has 3 nitrogen and oxygen atoms in total. The number of rotatable bonds is 4. The van der Waals surface area contributed by atoms with Gasteiger partial charge in [0.15, 0.2) is 0 Å². The minimum Gasteiger partial charge on any atom is -0.331 e. The third-order valence-corrected chi connectivity index (χ3v) is 5.46. The lowest BCUT2D eigenvalue weighted by Gasteiger charge is -2.12. The van der Waals surface area contributed by atoms with E-state index in [0.29, 0.717) is 17.3 Å². The van der Waals surface area contributed by atoms with Crippen LogP contribution in [0.1, 0.15) is 21.6 Å². The molecule has 1 amide bonds. The van der Waals surface area contributed by atoms with Crippen LogP contribution in [-0.4, -0.2) is 10.5 Å². The van der Waals surface area contributed by atoms with Gasteiger partial charge in [-0.3, -0.25) is 4.79 Å². The highest BCUT2D eigenvalue weighted by Crippen LogP contribution is 2.27. The third kappa shape index (κ3) is 3.26. The van der Waals surface area contributed by atoms with Gasteiger partial charge in [0.1, 0.15) is 5.69 Å². The number of aromatic nitrogens is 1. The fourth-order valence-corrected chi connectivity index (χ4v) is 4.10. The number of hydrogen-bond donors (Lipinski definition) is 1. The maximum absolute atomic E-state index is 13.0. The average molecular weight is 381 g/mol. The van der Waals surface area contributed by atoms with Crippen molar-refractivity contribution >= 4 is 44.7 Å². The minimum absolute atomic E-state index is 0.116. The van der Waals surface area contributed by atoms with Crippen molar-refractivity contribution in [1.82, 2.24) is 4.57 Å². The standard InChI is InChI=1S/C21H17ClN2OS/c1-14-11-16(22)7-8-17(14)23-21(25)19-12-20-18(9-10-26-20)24(19)13-15-5-3-2-4-6-15/h2-12H,13H2,1H3,(H,23,25). The molecular formula is C21H17ClN2OS. The fraction of sp³-hybridized carbons (Fsp3) is 0.0952. The molecule has 0 atom stereocenters. The molecule has 2 aromatic carbocycles. The SMILES string of the molecule is Cc1cc(Cl)ccc1NC(=O)c1cc2sccc2n1Cc1ccccc1. The molecule has 130 valence electrons. The fourth-order valence-electron chi connectivity index (χ4n) is 3.06. The number of hydrogen-bond acceptors (Lipinski definition) is 2. The van der Waals surface area contributed by atoms with Gasteiger partial charge >= 0.3 is 0 Å². The van der Waals surface area contributed by atoms with Crippen molar-refractivity contribution in [2.24, 2.45) is 0 Å². The molecule has 0 saturated carbocycles. The lowest BCUT2D eigenvalue weighted by atomic mass is 10.2. The molecule has 2 heterocycles. The van der Waals surface area contributed by atoms with Crippen LogP contribution in [0.2, 0.25) is 5.02 Å². The van der Waals surface area contributed by atoms with Crippen LogP contribution in [0.5, 0.6) is 0 Å². The molecule has 0 aliphatic rings. The maximum atomic E-state index is 13.0. The largest absolute Gasteiger partial charge is 0.331 e. The first-order valence-electron chi connectivity index (χ1n) is 8.30. The summed E-state index contributed by atoms with van der Waals surface area (Å²) in [5.74, 6) is -0.116. The van der Waals surface area contributed by atoms with Crippen LogP contribution in [0.3, 0.4) is 0 Å². The van der Waals surface area contributed by atoms with E-state index < -0.39 is 0 Å². The van der Waals surface area contributed by atoms with Crippen molar-refractivity contribution in [3.05, 3.63) is 87.9 Å². The Labute approximate surface area is 160 Å². The monoisotopic (exact) mass is 380 g/mol. The van der Waals surface area contributed by atoms with Gasteiger partial charge in [0.2, 0.25) is 0 Å². The van der Waals surface area contributed by atoms with Crippen LogP contribution >= 0.6 is 22.9 Å². The molecule has 0 aliphatic heterocycles. The maximum Gasteiger partial charge on any atom is 0.272 e. The number of benzene rings is 2. The number of anilines is 1. The Morgan fingerprint density at radius 2 is 1.92 bits per heavy atom. The van der Waals surface area contributed by atoms with Crippen molar-refractivity contribution in [3.63, 3.8) is 0 Å². The van der Waals surface area contributed by atoms with Gasteiger partial charge in [-0.15, -0.1) is 11.3 Å².